The third kappa shape index (κ3) is 2.33. The van der Waals surface area contributed by atoms with E-state index in [9.17, 15) is 9.59 Å². The van der Waals surface area contributed by atoms with Crippen molar-refractivity contribution >= 4 is 17.3 Å². The minimum absolute atomic E-state index is 0.0313. The van der Waals surface area contributed by atoms with Crippen LogP contribution in [0.25, 0.3) is 5.76 Å². The van der Waals surface area contributed by atoms with Gasteiger partial charge in [0.25, 0.3) is 0 Å². The van der Waals surface area contributed by atoms with Crippen molar-refractivity contribution in [3.63, 3.8) is 0 Å². The van der Waals surface area contributed by atoms with Gasteiger partial charge in [-0.1, -0.05) is 58.4 Å². The van der Waals surface area contributed by atoms with Crippen LogP contribution in [0.2, 0.25) is 0 Å². The molecular weight excluding hydrogens is 300 g/mol. The summed E-state index contributed by atoms with van der Waals surface area (Å²) in [6, 6.07) is 7.28. The Bertz CT molecular complexity index is 741. The van der Waals surface area contributed by atoms with Gasteiger partial charge in [-0.25, -0.2) is 0 Å². The fraction of sp³-hybridized carbons (Fsp3) is 0.524. The molecule has 0 fully saturated rings. The topological polar surface area (TPSA) is 43.4 Å². The SMILES string of the molecule is CCC(C)(C)C1CC2=C(OC1(C)CC)c1ccccc1C(=O)C2=O. The van der Waals surface area contributed by atoms with Crippen molar-refractivity contribution < 1.29 is 14.3 Å². The molecule has 2 atom stereocenters. The lowest BCUT2D eigenvalue weighted by Crippen LogP contribution is -2.49. The Balaban J connectivity index is 2.18. The summed E-state index contributed by atoms with van der Waals surface area (Å²) in [5.74, 6) is 0.0309. The molecule has 0 spiro atoms. The van der Waals surface area contributed by atoms with Crippen LogP contribution in [-0.2, 0) is 9.53 Å². The van der Waals surface area contributed by atoms with Crippen molar-refractivity contribution in [2.75, 3.05) is 0 Å². The Hall–Kier alpha value is -1.90. The average Bonchev–Trinajstić information content (AvgIpc) is 2.59. The first-order valence-electron chi connectivity index (χ1n) is 8.85. The number of ether oxygens (including phenoxy) is 1. The van der Waals surface area contributed by atoms with E-state index in [1.165, 1.54) is 0 Å². The normalized spacial score (nSPS) is 26.8. The molecule has 0 amide bonds. The number of rotatable bonds is 3. The van der Waals surface area contributed by atoms with Gasteiger partial charge in [-0.2, -0.15) is 0 Å². The molecule has 1 aliphatic heterocycles. The highest BCUT2D eigenvalue weighted by molar-refractivity contribution is 6.52. The highest BCUT2D eigenvalue weighted by Gasteiger charge is 2.50. The van der Waals surface area contributed by atoms with Gasteiger partial charge < -0.3 is 4.74 Å². The molecule has 2 aliphatic rings. The van der Waals surface area contributed by atoms with Crippen LogP contribution in [0.1, 0.15) is 69.8 Å². The van der Waals surface area contributed by atoms with Crippen LogP contribution >= 0.6 is 0 Å². The lowest BCUT2D eigenvalue weighted by Gasteiger charge is -2.50. The number of carbonyl (C=O) groups is 2. The van der Waals surface area contributed by atoms with E-state index in [-0.39, 0.29) is 16.9 Å². The molecule has 3 nitrogen and oxygen atoms in total. The Labute approximate surface area is 144 Å². The second-order valence-corrected chi connectivity index (χ2v) is 7.88. The summed E-state index contributed by atoms with van der Waals surface area (Å²) in [6.45, 7) is 10.9. The zero-order chi connectivity index (χ0) is 17.7. The number of carbonyl (C=O) groups excluding carboxylic acids is 2. The smallest absolute Gasteiger partial charge is 0.234 e. The van der Waals surface area contributed by atoms with Crippen LogP contribution in [0.3, 0.4) is 0 Å². The highest BCUT2D eigenvalue weighted by Crippen LogP contribution is 2.52. The van der Waals surface area contributed by atoms with E-state index in [1.807, 2.05) is 12.1 Å². The van der Waals surface area contributed by atoms with E-state index < -0.39 is 11.6 Å². The quantitative estimate of drug-likeness (QED) is 0.749. The minimum Gasteiger partial charge on any atom is -0.486 e. The third-order valence-electron chi connectivity index (χ3n) is 6.21. The molecule has 0 saturated carbocycles. The van der Waals surface area contributed by atoms with Crippen LogP contribution < -0.4 is 0 Å². The molecule has 24 heavy (non-hydrogen) atoms. The molecule has 3 heteroatoms. The summed E-state index contributed by atoms with van der Waals surface area (Å²) in [5, 5.41) is 0. The van der Waals surface area contributed by atoms with Gasteiger partial charge in [0.2, 0.25) is 11.6 Å². The van der Waals surface area contributed by atoms with Crippen LogP contribution in [0.15, 0.2) is 29.8 Å². The van der Waals surface area contributed by atoms with E-state index in [2.05, 4.69) is 34.6 Å². The summed E-state index contributed by atoms with van der Waals surface area (Å²) < 4.78 is 6.48. The van der Waals surface area contributed by atoms with Gasteiger partial charge in [0.1, 0.15) is 11.4 Å². The van der Waals surface area contributed by atoms with Crippen LogP contribution in [0, 0.1) is 11.3 Å². The van der Waals surface area contributed by atoms with E-state index in [0.29, 0.717) is 23.3 Å². The first kappa shape index (κ1) is 16.9. The zero-order valence-electron chi connectivity index (χ0n) is 15.2. The molecule has 1 aliphatic carbocycles. The van der Waals surface area contributed by atoms with Crippen molar-refractivity contribution in [2.45, 2.75) is 59.5 Å². The molecule has 0 bridgehead atoms. The molecule has 0 N–H and O–H groups in total. The lowest BCUT2D eigenvalue weighted by atomic mass is 9.63. The summed E-state index contributed by atoms with van der Waals surface area (Å²) >= 11 is 0. The Morgan fingerprint density at radius 3 is 2.33 bits per heavy atom. The van der Waals surface area contributed by atoms with Crippen LogP contribution in [0.5, 0.6) is 0 Å². The predicted octanol–water partition coefficient (Wildman–Crippen LogP) is 4.80. The number of hydrogen-bond donors (Lipinski definition) is 0. The molecule has 128 valence electrons. The molecule has 0 aromatic heterocycles. The highest BCUT2D eigenvalue weighted by atomic mass is 16.5. The van der Waals surface area contributed by atoms with Crippen molar-refractivity contribution in [3.8, 4) is 0 Å². The van der Waals surface area contributed by atoms with E-state index in [0.717, 1.165) is 18.4 Å². The number of fused-ring (bicyclic) bond motifs is 2. The predicted molar refractivity (Wildman–Crippen MR) is 94.7 cm³/mol. The largest absolute Gasteiger partial charge is 0.486 e. The van der Waals surface area contributed by atoms with Gasteiger partial charge >= 0.3 is 0 Å². The fourth-order valence-electron chi connectivity index (χ4n) is 4.10. The molecule has 3 rings (SSSR count). The standard InChI is InChI=1S/C21H26O3/c1-6-20(3,4)16-12-15-18(23)17(22)13-10-8-9-11-14(13)19(15)24-21(16,5)7-2/h8-11,16H,6-7,12H2,1-5H3. The second kappa shape index (κ2) is 5.58. The molecule has 0 saturated heterocycles. The molecule has 2 unspecified atom stereocenters. The number of Topliss-reactive ketones (excluding diaryl/α,β-unsaturated/α-hetero) is 2. The van der Waals surface area contributed by atoms with E-state index in [1.54, 1.807) is 12.1 Å². The van der Waals surface area contributed by atoms with Gasteiger partial charge in [0.05, 0.1) is 0 Å². The maximum atomic E-state index is 12.7. The average molecular weight is 326 g/mol. The molecule has 0 radical (unpaired) electrons. The third-order valence-corrected chi connectivity index (χ3v) is 6.21. The minimum atomic E-state index is -0.402. The lowest BCUT2D eigenvalue weighted by molar-refractivity contribution is -0.114. The summed E-state index contributed by atoms with van der Waals surface area (Å²) in [5.41, 5.74) is 1.49. The Kier molecular flexibility index (Phi) is 3.94. The monoisotopic (exact) mass is 326 g/mol. The zero-order valence-corrected chi connectivity index (χ0v) is 15.2. The van der Waals surface area contributed by atoms with Gasteiger partial charge in [0, 0.05) is 22.6 Å². The summed E-state index contributed by atoms with van der Waals surface area (Å²) in [7, 11) is 0. The van der Waals surface area contributed by atoms with Crippen molar-refractivity contribution in [1.29, 1.82) is 0 Å². The van der Waals surface area contributed by atoms with Gasteiger partial charge in [-0.15, -0.1) is 0 Å². The molecule has 1 heterocycles. The maximum Gasteiger partial charge on any atom is 0.234 e. The summed E-state index contributed by atoms with van der Waals surface area (Å²) in [4.78, 5) is 25.2. The van der Waals surface area contributed by atoms with Gasteiger partial charge in [-0.05, 0) is 25.2 Å². The first-order chi connectivity index (χ1) is 11.2. The number of allylic oxidation sites excluding steroid dienone is 1. The van der Waals surface area contributed by atoms with Gasteiger partial charge in [-0.3, -0.25) is 9.59 Å². The fourth-order valence-corrected chi connectivity index (χ4v) is 4.10. The Morgan fingerprint density at radius 2 is 1.75 bits per heavy atom. The van der Waals surface area contributed by atoms with Crippen LogP contribution in [-0.4, -0.2) is 17.2 Å². The Morgan fingerprint density at radius 1 is 1.12 bits per heavy atom. The first-order valence-corrected chi connectivity index (χ1v) is 8.85. The number of benzene rings is 1. The second-order valence-electron chi connectivity index (χ2n) is 7.88. The number of ketones is 2. The van der Waals surface area contributed by atoms with E-state index >= 15 is 0 Å². The number of hydrogen-bond acceptors (Lipinski definition) is 3. The maximum absolute atomic E-state index is 12.7. The van der Waals surface area contributed by atoms with Gasteiger partial charge in [0.15, 0.2) is 0 Å². The summed E-state index contributed by atoms with van der Waals surface area (Å²) in [6.07, 6.45) is 2.47. The van der Waals surface area contributed by atoms with Crippen LogP contribution in [0.4, 0.5) is 0 Å². The van der Waals surface area contributed by atoms with Crippen molar-refractivity contribution in [1.82, 2.24) is 0 Å². The molecular formula is C21H26O3. The van der Waals surface area contributed by atoms with Crippen molar-refractivity contribution in [3.05, 3.63) is 41.0 Å². The van der Waals surface area contributed by atoms with Crippen molar-refractivity contribution in [2.24, 2.45) is 11.3 Å². The molecule has 1 aromatic carbocycles. The molecule has 1 aromatic rings. The van der Waals surface area contributed by atoms with E-state index in [4.69, 9.17) is 4.74 Å².